The molecule has 1 heterocycles. The van der Waals surface area contributed by atoms with E-state index >= 15 is 0 Å². The molecule has 0 radical (unpaired) electrons. The van der Waals surface area contributed by atoms with E-state index in [1.807, 2.05) is 13.8 Å². The Labute approximate surface area is 110 Å². The number of aromatic nitrogens is 2. The van der Waals surface area contributed by atoms with Crippen LogP contribution in [0.2, 0.25) is 5.02 Å². The molecule has 3 nitrogen and oxygen atoms in total. The third kappa shape index (κ3) is 3.09. The van der Waals surface area contributed by atoms with Crippen LogP contribution in [0.4, 0.5) is 4.39 Å². The molecule has 0 bridgehead atoms. The SMILES string of the molecule is CC(C)(N)Cc1ncc(-c2ccc(F)c(Cl)c2)[nH]1. The minimum Gasteiger partial charge on any atom is -0.342 e. The smallest absolute Gasteiger partial charge is 0.141 e. The molecule has 5 heteroatoms. The Morgan fingerprint density at radius 3 is 2.78 bits per heavy atom. The van der Waals surface area contributed by atoms with Gasteiger partial charge in [-0.1, -0.05) is 11.6 Å². The van der Waals surface area contributed by atoms with Gasteiger partial charge < -0.3 is 10.7 Å². The van der Waals surface area contributed by atoms with Crippen LogP contribution < -0.4 is 5.73 Å². The van der Waals surface area contributed by atoms with Gasteiger partial charge in [0, 0.05) is 17.5 Å². The van der Waals surface area contributed by atoms with E-state index in [0.29, 0.717) is 6.42 Å². The Morgan fingerprint density at radius 1 is 1.44 bits per heavy atom. The summed E-state index contributed by atoms with van der Waals surface area (Å²) in [5, 5.41) is 0.0998. The molecule has 0 atom stereocenters. The second-order valence-corrected chi connectivity index (χ2v) is 5.45. The molecule has 1 aromatic carbocycles. The first-order valence-corrected chi connectivity index (χ1v) is 6.01. The predicted molar refractivity (Wildman–Crippen MR) is 71.0 cm³/mol. The van der Waals surface area contributed by atoms with Gasteiger partial charge >= 0.3 is 0 Å². The van der Waals surface area contributed by atoms with Crippen molar-refractivity contribution >= 4 is 11.6 Å². The highest BCUT2D eigenvalue weighted by Crippen LogP contribution is 2.24. The van der Waals surface area contributed by atoms with Crippen LogP contribution in [0.3, 0.4) is 0 Å². The van der Waals surface area contributed by atoms with Gasteiger partial charge in [-0.2, -0.15) is 0 Å². The van der Waals surface area contributed by atoms with E-state index in [4.69, 9.17) is 17.3 Å². The van der Waals surface area contributed by atoms with E-state index in [9.17, 15) is 4.39 Å². The Balaban J connectivity index is 2.26. The molecule has 96 valence electrons. The molecule has 1 aromatic heterocycles. The Morgan fingerprint density at radius 2 is 2.17 bits per heavy atom. The molecule has 0 aliphatic rings. The maximum Gasteiger partial charge on any atom is 0.141 e. The van der Waals surface area contributed by atoms with Gasteiger partial charge in [-0.15, -0.1) is 0 Å². The molecule has 0 spiro atoms. The summed E-state index contributed by atoms with van der Waals surface area (Å²) >= 11 is 5.75. The lowest BCUT2D eigenvalue weighted by molar-refractivity contribution is 0.505. The molecule has 0 saturated heterocycles. The summed E-state index contributed by atoms with van der Waals surface area (Å²) in [6.45, 7) is 3.87. The Hall–Kier alpha value is -1.39. The highest BCUT2D eigenvalue weighted by molar-refractivity contribution is 6.31. The number of nitrogens with two attached hydrogens (primary N) is 1. The van der Waals surface area contributed by atoms with Crippen LogP contribution in [-0.2, 0) is 6.42 Å². The highest BCUT2D eigenvalue weighted by atomic mass is 35.5. The number of aromatic amines is 1. The van der Waals surface area contributed by atoms with E-state index in [2.05, 4.69) is 9.97 Å². The fourth-order valence-corrected chi connectivity index (χ4v) is 1.87. The quantitative estimate of drug-likeness (QED) is 0.898. The summed E-state index contributed by atoms with van der Waals surface area (Å²) < 4.78 is 13.1. The number of H-pyrrole nitrogens is 1. The molecule has 2 rings (SSSR count). The zero-order valence-electron chi connectivity index (χ0n) is 10.3. The first kappa shape index (κ1) is 13.1. The van der Waals surface area contributed by atoms with E-state index in [-0.39, 0.29) is 10.6 Å². The third-order valence-electron chi connectivity index (χ3n) is 2.48. The molecule has 18 heavy (non-hydrogen) atoms. The number of nitrogens with zero attached hydrogens (tertiary/aromatic N) is 1. The lowest BCUT2D eigenvalue weighted by Gasteiger charge is -2.15. The number of imidazole rings is 1. The molecule has 0 aliphatic carbocycles. The molecular weight excluding hydrogens is 253 g/mol. The van der Waals surface area contributed by atoms with Crippen molar-refractivity contribution in [3.8, 4) is 11.3 Å². The Bertz CT molecular complexity index is 558. The number of benzene rings is 1. The maximum absolute atomic E-state index is 13.1. The highest BCUT2D eigenvalue weighted by Gasteiger charge is 2.14. The van der Waals surface area contributed by atoms with Crippen LogP contribution in [0, 0.1) is 5.82 Å². The summed E-state index contributed by atoms with van der Waals surface area (Å²) in [6.07, 6.45) is 2.34. The number of hydrogen-bond donors (Lipinski definition) is 2. The van der Waals surface area contributed by atoms with Crippen molar-refractivity contribution < 1.29 is 4.39 Å². The average Bonchev–Trinajstić information content (AvgIpc) is 2.68. The van der Waals surface area contributed by atoms with E-state index in [0.717, 1.165) is 17.1 Å². The zero-order chi connectivity index (χ0) is 13.3. The summed E-state index contributed by atoms with van der Waals surface area (Å²) in [4.78, 5) is 7.42. The topological polar surface area (TPSA) is 54.7 Å². The summed E-state index contributed by atoms with van der Waals surface area (Å²) in [7, 11) is 0. The molecule has 3 N–H and O–H groups in total. The number of nitrogens with one attached hydrogen (secondary N) is 1. The van der Waals surface area contributed by atoms with E-state index in [1.54, 1.807) is 18.3 Å². The van der Waals surface area contributed by atoms with Crippen molar-refractivity contribution in [2.24, 2.45) is 5.73 Å². The summed E-state index contributed by atoms with van der Waals surface area (Å²) in [5.74, 6) is 0.376. The van der Waals surface area contributed by atoms with Gasteiger partial charge in [-0.05, 0) is 32.0 Å². The van der Waals surface area contributed by atoms with Crippen LogP contribution in [0.25, 0.3) is 11.3 Å². The van der Waals surface area contributed by atoms with Crippen molar-refractivity contribution in [2.45, 2.75) is 25.8 Å². The number of rotatable bonds is 3. The molecule has 0 aliphatic heterocycles. The lowest BCUT2D eigenvalue weighted by Crippen LogP contribution is -2.34. The van der Waals surface area contributed by atoms with E-state index < -0.39 is 5.82 Å². The minimum absolute atomic E-state index is 0.0998. The number of hydrogen-bond acceptors (Lipinski definition) is 2. The largest absolute Gasteiger partial charge is 0.342 e. The summed E-state index contributed by atoms with van der Waals surface area (Å²) in [6, 6.07) is 4.57. The van der Waals surface area contributed by atoms with Gasteiger partial charge in [-0.25, -0.2) is 9.37 Å². The van der Waals surface area contributed by atoms with Gasteiger partial charge in [0.1, 0.15) is 11.6 Å². The fraction of sp³-hybridized carbons (Fsp3) is 0.308. The van der Waals surface area contributed by atoms with Gasteiger partial charge in [-0.3, -0.25) is 0 Å². The molecular formula is C13H15ClFN3. The fourth-order valence-electron chi connectivity index (χ4n) is 1.69. The van der Waals surface area contributed by atoms with Crippen LogP contribution in [0.1, 0.15) is 19.7 Å². The van der Waals surface area contributed by atoms with Crippen molar-refractivity contribution in [1.29, 1.82) is 0 Å². The minimum atomic E-state index is -0.428. The predicted octanol–water partition coefficient (Wildman–Crippen LogP) is 3.15. The molecule has 0 fully saturated rings. The van der Waals surface area contributed by atoms with Crippen LogP contribution >= 0.6 is 11.6 Å². The molecule has 0 amide bonds. The van der Waals surface area contributed by atoms with Gasteiger partial charge in [0.2, 0.25) is 0 Å². The molecule has 2 aromatic rings. The van der Waals surface area contributed by atoms with Crippen molar-refractivity contribution in [1.82, 2.24) is 9.97 Å². The van der Waals surface area contributed by atoms with Gasteiger partial charge in [0.25, 0.3) is 0 Å². The number of halogens is 2. The molecule has 0 saturated carbocycles. The van der Waals surface area contributed by atoms with Crippen molar-refractivity contribution in [2.75, 3.05) is 0 Å². The standard InChI is InChI=1S/C13H15ClFN3/c1-13(2,16)6-12-17-7-11(18-12)8-3-4-10(15)9(14)5-8/h3-5,7H,6,16H2,1-2H3,(H,17,18). The monoisotopic (exact) mass is 267 g/mol. The van der Waals surface area contributed by atoms with E-state index in [1.165, 1.54) is 6.07 Å². The zero-order valence-corrected chi connectivity index (χ0v) is 11.1. The average molecular weight is 268 g/mol. The normalized spacial score (nSPS) is 11.8. The first-order chi connectivity index (χ1) is 8.35. The molecule has 0 unspecified atom stereocenters. The van der Waals surface area contributed by atoms with Gasteiger partial charge in [0.15, 0.2) is 0 Å². The van der Waals surface area contributed by atoms with Crippen molar-refractivity contribution in [3.63, 3.8) is 0 Å². The van der Waals surface area contributed by atoms with Gasteiger partial charge in [0.05, 0.1) is 16.9 Å². The lowest BCUT2D eigenvalue weighted by atomic mass is 10.0. The van der Waals surface area contributed by atoms with Crippen LogP contribution in [-0.4, -0.2) is 15.5 Å². The first-order valence-electron chi connectivity index (χ1n) is 5.63. The third-order valence-corrected chi connectivity index (χ3v) is 2.77. The second-order valence-electron chi connectivity index (χ2n) is 5.04. The van der Waals surface area contributed by atoms with Crippen LogP contribution in [0.5, 0.6) is 0 Å². The van der Waals surface area contributed by atoms with Crippen molar-refractivity contribution in [3.05, 3.63) is 41.1 Å². The summed E-state index contributed by atoms with van der Waals surface area (Å²) in [5.41, 5.74) is 7.21. The Kier molecular flexibility index (Phi) is 3.41. The second kappa shape index (κ2) is 4.71. The maximum atomic E-state index is 13.1. The van der Waals surface area contributed by atoms with Crippen LogP contribution in [0.15, 0.2) is 24.4 Å².